The number of hydrogen-bond donors (Lipinski definition) is 0. The van der Waals surface area contributed by atoms with E-state index in [0.29, 0.717) is 37.7 Å². The third-order valence-corrected chi connectivity index (χ3v) is 5.92. The van der Waals surface area contributed by atoms with Crippen LogP contribution in [-0.2, 0) is 7.05 Å². The van der Waals surface area contributed by atoms with Crippen molar-refractivity contribution in [1.82, 2.24) is 34.7 Å². The number of anilines is 1. The van der Waals surface area contributed by atoms with E-state index in [9.17, 15) is 4.79 Å². The Morgan fingerprint density at radius 3 is 2.18 bits per heavy atom. The molecule has 0 bridgehead atoms. The van der Waals surface area contributed by atoms with Crippen molar-refractivity contribution in [2.24, 2.45) is 7.05 Å². The molecule has 1 aliphatic heterocycles. The van der Waals surface area contributed by atoms with E-state index >= 15 is 0 Å². The number of aryl methyl sites for hydroxylation is 3. The molecule has 3 aromatic heterocycles. The van der Waals surface area contributed by atoms with Crippen LogP contribution in [0.5, 0.6) is 0 Å². The smallest absolute Gasteiger partial charge is 0.272 e. The summed E-state index contributed by atoms with van der Waals surface area (Å²) in [4.78, 5) is 17.2. The van der Waals surface area contributed by atoms with Crippen LogP contribution in [0.3, 0.4) is 0 Å². The number of carbonyl (C=O) groups is 1. The molecule has 5 rings (SSSR count). The van der Waals surface area contributed by atoms with Crippen molar-refractivity contribution < 1.29 is 4.79 Å². The van der Waals surface area contributed by atoms with E-state index in [1.54, 1.807) is 9.36 Å². The zero-order chi connectivity index (χ0) is 22.9. The van der Waals surface area contributed by atoms with E-state index in [2.05, 4.69) is 25.3 Å². The molecule has 1 aromatic carbocycles. The Labute approximate surface area is 192 Å². The van der Waals surface area contributed by atoms with Gasteiger partial charge >= 0.3 is 0 Å². The quantitative estimate of drug-likeness (QED) is 0.483. The van der Waals surface area contributed by atoms with Gasteiger partial charge in [0.05, 0.1) is 11.4 Å². The second kappa shape index (κ2) is 8.50. The lowest BCUT2D eigenvalue weighted by molar-refractivity contribution is 0.0735. The highest BCUT2D eigenvalue weighted by atomic mass is 16.2. The van der Waals surface area contributed by atoms with Gasteiger partial charge in [-0.2, -0.15) is 10.2 Å². The van der Waals surface area contributed by atoms with Gasteiger partial charge in [-0.05, 0) is 38.1 Å². The van der Waals surface area contributed by atoms with Crippen LogP contribution in [0, 0.1) is 13.8 Å². The van der Waals surface area contributed by atoms with Gasteiger partial charge in [-0.1, -0.05) is 30.3 Å². The first-order valence-electron chi connectivity index (χ1n) is 11.0. The normalized spacial score (nSPS) is 14.0. The Bertz CT molecular complexity index is 1270. The van der Waals surface area contributed by atoms with Crippen molar-refractivity contribution >= 4 is 11.7 Å². The summed E-state index contributed by atoms with van der Waals surface area (Å²) in [5.74, 6) is 1.50. The molecule has 1 saturated heterocycles. The minimum atomic E-state index is -0.00205. The van der Waals surface area contributed by atoms with Crippen LogP contribution < -0.4 is 4.90 Å². The Balaban J connectivity index is 1.24. The van der Waals surface area contributed by atoms with Crippen LogP contribution in [0.25, 0.3) is 17.1 Å². The lowest BCUT2D eigenvalue weighted by Crippen LogP contribution is -2.49. The monoisotopic (exact) mass is 442 g/mol. The maximum Gasteiger partial charge on any atom is 0.272 e. The van der Waals surface area contributed by atoms with Gasteiger partial charge in [-0.25, -0.2) is 4.68 Å². The summed E-state index contributed by atoms with van der Waals surface area (Å²) < 4.78 is 3.46. The van der Waals surface area contributed by atoms with Crippen LogP contribution in [0.1, 0.15) is 21.9 Å². The summed E-state index contributed by atoms with van der Waals surface area (Å²) in [5, 5.41) is 17.8. The predicted molar refractivity (Wildman–Crippen MR) is 125 cm³/mol. The molecule has 0 N–H and O–H groups in total. The molecule has 9 nitrogen and oxygen atoms in total. The minimum absolute atomic E-state index is 0.00205. The van der Waals surface area contributed by atoms with Gasteiger partial charge in [0.1, 0.15) is 5.69 Å². The average Bonchev–Trinajstić information content (AvgIpc) is 3.40. The predicted octanol–water partition coefficient (Wildman–Crippen LogP) is 2.64. The highest BCUT2D eigenvalue weighted by molar-refractivity contribution is 5.94. The Kier molecular flexibility index (Phi) is 5.37. The van der Waals surface area contributed by atoms with Crippen LogP contribution in [0.15, 0.2) is 54.6 Å². The summed E-state index contributed by atoms with van der Waals surface area (Å²) in [6, 6.07) is 17.7. The van der Waals surface area contributed by atoms with Crippen LogP contribution in [0.4, 0.5) is 5.82 Å². The van der Waals surface area contributed by atoms with Crippen LogP contribution in [0.2, 0.25) is 0 Å². The molecule has 0 saturated carbocycles. The third-order valence-electron chi connectivity index (χ3n) is 5.92. The number of piperazine rings is 1. The van der Waals surface area contributed by atoms with Gasteiger partial charge in [-0.15, -0.1) is 10.2 Å². The van der Waals surface area contributed by atoms with Gasteiger partial charge in [0.2, 0.25) is 0 Å². The summed E-state index contributed by atoms with van der Waals surface area (Å²) >= 11 is 0. The first-order valence-corrected chi connectivity index (χ1v) is 11.0. The molecule has 168 valence electrons. The molecule has 0 atom stereocenters. The molecule has 1 aliphatic rings. The van der Waals surface area contributed by atoms with Crippen molar-refractivity contribution in [3.8, 4) is 17.1 Å². The topological polar surface area (TPSA) is 85.0 Å². The van der Waals surface area contributed by atoms with Gasteiger partial charge in [0.25, 0.3) is 5.91 Å². The molecule has 33 heavy (non-hydrogen) atoms. The maximum absolute atomic E-state index is 13.2. The number of hydrogen-bond acceptors (Lipinski definition) is 6. The molecular weight excluding hydrogens is 416 g/mol. The van der Waals surface area contributed by atoms with Crippen molar-refractivity contribution in [1.29, 1.82) is 0 Å². The second-order valence-corrected chi connectivity index (χ2v) is 8.27. The zero-order valence-electron chi connectivity index (χ0n) is 19.0. The summed E-state index contributed by atoms with van der Waals surface area (Å²) in [7, 11) is 1.82. The Morgan fingerprint density at radius 1 is 0.848 bits per heavy atom. The molecule has 1 amide bonds. The molecule has 1 fully saturated rings. The molecule has 0 unspecified atom stereocenters. The van der Waals surface area contributed by atoms with Crippen molar-refractivity contribution in [3.05, 3.63) is 71.7 Å². The molecule has 9 heteroatoms. The van der Waals surface area contributed by atoms with Gasteiger partial charge in [-0.3, -0.25) is 9.48 Å². The lowest BCUT2D eigenvalue weighted by atomic mass is 10.1. The Morgan fingerprint density at radius 2 is 1.55 bits per heavy atom. The third kappa shape index (κ3) is 4.09. The molecule has 0 radical (unpaired) electrons. The first-order chi connectivity index (χ1) is 16.0. The summed E-state index contributed by atoms with van der Waals surface area (Å²) in [5.41, 5.74) is 4.37. The van der Waals surface area contributed by atoms with Gasteiger partial charge < -0.3 is 9.80 Å². The van der Waals surface area contributed by atoms with Crippen LogP contribution in [-0.4, -0.2) is 66.7 Å². The van der Waals surface area contributed by atoms with E-state index in [1.807, 2.05) is 80.4 Å². The largest absolute Gasteiger partial charge is 0.352 e. The number of aromatic nitrogens is 6. The van der Waals surface area contributed by atoms with Gasteiger partial charge in [0, 0.05) is 44.5 Å². The zero-order valence-corrected chi connectivity index (χ0v) is 19.0. The number of amides is 1. The molecule has 4 aromatic rings. The SMILES string of the molecule is Cc1cc(C)n(-c2ccc(N3CCN(C(=O)c4cc(-c5ccccc5)nn4C)CC3)nn2)n1. The highest BCUT2D eigenvalue weighted by Crippen LogP contribution is 2.21. The van der Waals surface area contributed by atoms with Crippen LogP contribution >= 0.6 is 0 Å². The molecular formula is C24H26N8O. The average molecular weight is 443 g/mol. The van der Waals surface area contributed by atoms with Gasteiger partial charge in [0.15, 0.2) is 11.6 Å². The highest BCUT2D eigenvalue weighted by Gasteiger charge is 2.25. The number of rotatable bonds is 4. The number of benzene rings is 1. The fraction of sp³-hybridized carbons (Fsp3) is 0.292. The fourth-order valence-electron chi connectivity index (χ4n) is 4.18. The molecule has 4 heterocycles. The van der Waals surface area contributed by atoms with E-state index in [4.69, 9.17) is 0 Å². The van der Waals surface area contributed by atoms with E-state index in [1.165, 1.54) is 0 Å². The minimum Gasteiger partial charge on any atom is -0.352 e. The standard InChI is InChI=1S/C24H26N8O/c1-17-15-18(2)32(27-17)23-10-9-22(25-26-23)30-11-13-31(14-12-30)24(33)21-16-20(28-29(21)3)19-7-5-4-6-8-19/h4-10,15-16H,11-14H2,1-3H3. The van der Waals surface area contributed by atoms with Crippen molar-refractivity contribution in [2.45, 2.75) is 13.8 Å². The maximum atomic E-state index is 13.2. The van der Waals surface area contributed by atoms with Crippen molar-refractivity contribution in [2.75, 3.05) is 31.1 Å². The van der Waals surface area contributed by atoms with E-state index < -0.39 is 0 Å². The molecule has 0 aliphatic carbocycles. The summed E-state index contributed by atoms with van der Waals surface area (Å²) in [6.07, 6.45) is 0. The number of nitrogens with zero attached hydrogens (tertiary/aromatic N) is 8. The second-order valence-electron chi connectivity index (χ2n) is 8.27. The Hall–Kier alpha value is -4.01. The lowest BCUT2D eigenvalue weighted by Gasteiger charge is -2.35. The number of carbonyl (C=O) groups excluding carboxylic acids is 1. The fourth-order valence-corrected chi connectivity index (χ4v) is 4.18. The van der Waals surface area contributed by atoms with E-state index in [-0.39, 0.29) is 5.91 Å². The summed E-state index contributed by atoms with van der Waals surface area (Å²) in [6.45, 7) is 6.58. The van der Waals surface area contributed by atoms with Crippen molar-refractivity contribution in [3.63, 3.8) is 0 Å². The molecule has 0 spiro atoms. The van der Waals surface area contributed by atoms with E-state index in [0.717, 1.165) is 28.5 Å². The first kappa shape index (κ1) is 20.9.